The Morgan fingerprint density at radius 2 is 1.89 bits per heavy atom. The van der Waals surface area contributed by atoms with Crippen LogP contribution in [0.2, 0.25) is 0 Å². The van der Waals surface area contributed by atoms with E-state index in [4.69, 9.17) is 9.47 Å². The monoisotopic (exact) mass is 495 g/mol. The summed E-state index contributed by atoms with van der Waals surface area (Å²) in [7, 11) is 1.63. The Bertz CT molecular complexity index is 1170. The number of hydrogen-bond acceptors (Lipinski definition) is 6. The number of ketones is 1. The molecule has 2 aliphatic rings. The molecule has 0 unspecified atom stereocenters. The summed E-state index contributed by atoms with van der Waals surface area (Å²) in [5.74, 6) is 0.880. The molecule has 0 fully saturated rings. The van der Waals surface area contributed by atoms with Crippen LogP contribution >= 0.6 is 11.8 Å². The Balaban J connectivity index is 1.72. The smallest absolute Gasteiger partial charge is 0.336 e. The van der Waals surface area contributed by atoms with Gasteiger partial charge in [-0.1, -0.05) is 37.3 Å². The SMILES string of the molecule is CCSCCOC(=O)C1=C(C)NC2=C(C(=O)C[C@@H](c3ccccc3OC)C2)[C@@H]1c1ccc(F)cc1. The number of carbonyl (C=O) groups excluding carboxylic acids is 2. The summed E-state index contributed by atoms with van der Waals surface area (Å²) in [5.41, 5.74) is 4.08. The fraction of sp³-hybridized carbons (Fsp3) is 0.357. The Kier molecular flexibility index (Phi) is 7.96. The highest BCUT2D eigenvalue weighted by atomic mass is 32.2. The van der Waals surface area contributed by atoms with Crippen LogP contribution in [0.3, 0.4) is 0 Å². The zero-order chi connectivity index (χ0) is 24.9. The number of rotatable bonds is 8. The fourth-order valence-corrected chi connectivity index (χ4v) is 5.43. The number of nitrogens with one attached hydrogen (secondary N) is 1. The van der Waals surface area contributed by atoms with Crippen LogP contribution in [0.25, 0.3) is 0 Å². The summed E-state index contributed by atoms with van der Waals surface area (Å²) in [6.45, 7) is 4.17. The molecule has 0 bridgehead atoms. The van der Waals surface area contributed by atoms with Gasteiger partial charge < -0.3 is 14.8 Å². The number of hydrogen-bond donors (Lipinski definition) is 1. The fourth-order valence-electron chi connectivity index (χ4n) is 4.94. The van der Waals surface area contributed by atoms with Crippen LogP contribution in [0.15, 0.2) is 71.1 Å². The van der Waals surface area contributed by atoms with Crippen LogP contribution in [0.4, 0.5) is 4.39 Å². The van der Waals surface area contributed by atoms with Gasteiger partial charge in [0.15, 0.2) is 5.78 Å². The number of para-hydroxylation sites is 1. The van der Waals surface area contributed by atoms with Crippen molar-refractivity contribution in [1.29, 1.82) is 0 Å². The molecule has 7 heteroatoms. The lowest BCUT2D eigenvalue weighted by Gasteiger charge is -2.37. The molecule has 1 aliphatic heterocycles. The molecule has 1 aliphatic carbocycles. The van der Waals surface area contributed by atoms with Crippen molar-refractivity contribution >= 4 is 23.5 Å². The van der Waals surface area contributed by atoms with Crippen LogP contribution in [0.1, 0.15) is 49.7 Å². The van der Waals surface area contributed by atoms with Crippen LogP contribution in [-0.4, -0.2) is 37.0 Å². The molecule has 4 rings (SSSR count). The van der Waals surface area contributed by atoms with E-state index in [0.29, 0.717) is 47.6 Å². The van der Waals surface area contributed by atoms with Gasteiger partial charge in [-0.05, 0) is 48.4 Å². The van der Waals surface area contributed by atoms with Crippen molar-refractivity contribution in [2.24, 2.45) is 0 Å². The topological polar surface area (TPSA) is 64.6 Å². The van der Waals surface area contributed by atoms with Gasteiger partial charge in [-0.2, -0.15) is 11.8 Å². The molecule has 5 nitrogen and oxygen atoms in total. The highest BCUT2D eigenvalue weighted by molar-refractivity contribution is 7.99. The van der Waals surface area contributed by atoms with Crippen molar-refractivity contribution in [1.82, 2.24) is 5.32 Å². The van der Waals surface area contributed by atoms with Gasteiger partial charge in [0.2, 0.25) is 0 Å². The summed E-state index contributed by atoms with van der Waals surface area (Å²) < 4.78 is 24.9. The molecule has 0 radical (unpaired) electrons. The lowest BCUT2D eigenvalue weighted by atomic mass is 9.71. The standard InChI is InChI=1S/C28H30FNO4S/c1-4-35-14-13-34-28(32)25-17(2)30-22-15-19(21-7-5-6-8-24(21)33-3)16-23(31)27(22)26(25)18-9-11-20(29)12-10-18/h5-12,19,26,30H,4,13-16H2,1-3H3/t19-,26+/m0/s1. The Labute approximate surface area is 209 Å². The zero-order valence-corrected chi connectivity index (χ0v) is 21.0. The molecular formula is C28H30FNO4S. The number of Topliss-reactive ketones (excluding diaryl/α,β-unsaturated/α-hetero) is 1. The molecule has 35 heavy (non-hydrogen) atoms. The minimum Gasteiger partial charge on any atom is -0.496 e. The number of ether oxygens (including phenoxy) is 2. The van der Waals surface area contributed by atoms with Gasteiger partial charge in [-0.3, -0.25) is 4.79 Å². The summed E-state index contributed by atoms with van der Waals surface area (Å²) in [5, 5.41) is 3.35. The number of dihydropyridines is 1. The van der Waals surface area contributed by atoms with Crippen LogP contribution in [0, 0.1) is 5.82 Å². The largest absolute Gasteiger partial charge is 0.496 e. The minimum atomic E-state index is -0.607. The second-order valence-corrected chi connectivity index (χ2v) is 10.0. The van der Waals surface area contributed by atoms with E-state index in [9.17, 15) is 14.0 Å². The molecule has 0 spiro atoms. The van der Waals surface area contributed by atoms with Gasteiger partial charge in [-0.15, -0.1) is 0 Å². The number of allylic oxidation sites excluding steroid dienone is 3. The van der Waals surface area contributed by atoms with Crippen LogP contribution in [0.5, 0.6) is 5.75 Å². The van der Waals surface area contributed by atoms with E-state index in [2.05, 4.69) is 12.2 Å². The molecule has 1 heterocycles. The summed E-state index contributed by atoms with van der Waals surface area (Å²) in [4.78, 5) is 26.9. The van der Waals surface area contributed by atoms with Gasteiger partial charge in [0.25, 0.3) is 0 Å². The molecule has 2 aromatic carbocycles. The van der Waals surface area contributed by atoms with Crippen molar-refractivity contribution < 1.29 is 23.5 Å². The number of methoxy groups -OCH3 is 1. The highest BCUT2D eigenvalue weighted by Crippen LogP contribution is 2.46. The number of carbonyl (C=O) groups is 2. The van der Waals surface area contributed by atoms with Crippen molar-refractivity contribution in [3.63, 3.8) is 0 Å². The average Bonchev–Trinajstić information content (AvgIpc) is 2.86. The second-order valence-electron chi connectivity index (χ2n) is 8.64. The molecule has 0 amide bonds. The quantitative estimate of drug-likeness (QED) is 0.386. The summed E-state index contributed by atoms with van der Waals surface area (Å²) >= 11 is 1.69. The number of thioether (sulfide) groups is 1. The van der Waals surface area contributed by atoms with Crippen molar-refractivity contribution in [2.75, 3.05) is 25.2 Å². The third kappa shape index (κ3) is 5.30. The molecule has 1 N–H and O–H groups in total. The molecule has 0 aromatic heterocycles. The normalized spacial score (nSPS) is 19.8. The zero-order valence-electron chi connectivity index (χ0n) is 20.2. The lowest BCUT2D eigenvalue weighted by Crippen LogP contribution is -2.36. The number of esters is 1. The van der Waals surface area contributed by atoms with Gasteiger partial charge in [0, 0.05) is 41.0 Å². The van der Waals surface area contributed by atoms with E-state index in [1.54, 1.807) is 31.0 Å². The van der Waals surface area contributed by atoms with Crippen LogP contribution < -0.4 is 10.1 Å². The third-order valence-corrected chi connectivity index (χ3v) is 7.36. The Morgan fingerprint density at radius 3 is 2.60 bits per heavy atom. The number of benzene rings is 2. The predicted octanol–water partition coefficient (Wildman–Crippen LogP) is 5.49. The molecule has 184 valence electrons. The van der Waals surface area contributed by atoms with Crippen LogP contribution in [-0.2, 0) is 14.3 Å². The van der Waals surface area contributed by atoms with E-state index in [0.717, 1.165) is 22.8 Å². The average molecular weight is 496 g/mol. The predicted molar refractivity (Wildman–Crippen MR) is 136 cm³/mol. The first-order valence-electron chi connectivity index (χ1n) is 11.8. The van der Waals surface area contributed by atoms with Crippen molar-refractivity contribution in [3.05, 3.63) is 88.0 Å². The first kappa shape index (κ1) is 25.0. The number of halogens is 1. The van der Waals surface area contributed by atoms with Gasteiger partial charge in [-0.25, -0.2) is 9.18 Å². The molecule has 2 aromatic rings. The molecule has 0 saturated carbocycles. The van der Waals surface area contributed by atoms with E-state index in [1.807, 2.05) is 31.2 Å². The van der Waals surface area contributed by atoms with Gasteiger partial charge in [0.1, 0.15) is 18.2 Å². The van der Waals surface area contributed by atoms with Crippen molar-refractivity contribution in [2.45, 2.75) is 38.5 Å². The first-order valence-corrected chi connectivity index (χ1v) is 13.0. The Morgan fingerprint density at radius 1 is 1.14 bits per heavy atom. The summed E-state index contributed by atoms with van der Waals surface area (Å²) in [6.07, 6.45) is 0.902. The summed E-state index contributed by atoms with van der Waals surface area (Å²) in [6, 6.07) is 13.7. The third-order valence-electron chi connectivity index (χ3n) is 6.49. The highest BCUT2D eigenvalue weighted by Gasteiger charge is 2.41. The Hall–Kier alpha value is -3.06. The van der Waals surface area contributed by atoms with E-state index < -0.39 is 11.9 Å². The second kappa shape index (κ2) is 11.1. The van der Waals surface area contributed by atoms with Gasteiger partial charge in [0.05, 0.1) is 12.7 Å². The molecular weight excluding hydrogens is 465 g/mol. The minimum absolute atomic E-state index is 0.0386. The maximum absolute atomic E-state index is 13.7. The van der Waals surface area contributed by atoms with E-state index in [1.165, 1.54) is 12.1 Å². The molecule has 2 atom stereocenters. The van der Waals surface area contributed by atoms with Gasteiger partial charge >= 0.3 is 5.97 Å². The van der Waals surface area contributed by atoms with E-state index >= 15 is 0 Å². The van der Waals surface area contributed by atoms with E-state index in [-0.39, 0.29) is 17.5 Å². The van der Waals surface area contributed by atoms with Crippen molar-refractivity contribution in [3.8, 4) is 5.75 Å². The maximum Gasteiger partial charge on any atom is 0.336 e. The first-order chi connectivity index (χ1) is 16.9. The molecule has 0 saturated heterocycles. The lowest BCUT2D eigenvalue weighted by molar-refractivity contribution is -0.138. The maximum atomic E-state index is 13.7.